The molecule has 0 saturated carbocycles. The molecule has 0 fully saturated rings. The van der Waals surface area contributed by atoms with E-state index in [-0.39, 0.29) is 6.03 Å². The fourth-order valence-electron chi connectivity index (χ4n) is 1.82. The molecule has 5 nitrogen and oxygen atoms in total. The highest BCUT2D eigenvalue weighted by atomic mass is 16.5. The number of urea groups is 1. The van der Waals surface area contributed by atoms with Gasteiger partial charge in [0, 0.05) is 24.6 Å². The lowest BCUT2D eigenvalue weighted by Crippen LogP contribution is -2.30. The van der Waals surface area contributed by atoms with Crippen LogP contribution < -0.4 is 10.3 Å². The number of aromatic nitrogens is 1. The van der Waals surface area contributed by atoms with Gasteiger partial charge in [-0.15, -0.1) is 0 Å². The van der Waals surface area contributed by atoms with E-state index in [1.165, 1.54) is 12.4 Å². The Morgan fingerprint density at radius 2 is 1.85 bits per heavy atom. The standard InChI is InChI=1S/C15H17N3O2/c1-2-10-18(14-6-4-3-5-7-14)15(19)16-13-8-11-17(20)12-9-13/h3-9,11-12,20H,2,10H2,1H3. The first-order valence-corrected chi connectivity index (χ1v) is 6.49. The molecule has 1 N–H and O–H groups in total. The van der Waals surface area contributed by atoms with Crippen LogP contribution in [0, 0.1) is 0 Å². The van der Waals surface area contributed by atoms with E-state index >= 15 is 0 Å². The van der Waals surface area contributed by atoms with Gasteiger partial charge in [0.1, 0.15) is 0 Å². The molecule has 20 heavy (non-hydrogen) atoms. The number of para-hydroxylation sites is 1. The summed E-state index contributed by atoms with van der Waals surface area (Å²) < 4.78 is 0.907. The summed E-state index contributed by atoms with van der Waals surface area (Å²) in [5.74, 6) is 0. The number of rotatable bonds is 3. The van der Waals surface area contributed by atoms with Crippen molar-refractivity contribution in [2.45, 2.75) is 13.3 Å². The van der Waals surface area contributed by atoms with Crippen molar-refractivity contribution in [3.63, 3.8) is 0 Å². The summed E-state index contributed by atoms with van der Waals surface area (Å²) >= 11 is 0. The normalized spacial score (nSPS) is 10.1. The van der Waals surface area contributed by atoms with Crippen molar-refractivity contribution in [1.82, 2.24) is 4.73 Å². The predicted octanol–water partition coefficient (Wildman–Crippen LogP) is 2.66. The molecule has 104 valence electrons. The molecule has 0 radical (unpaired) electrons. The quantitative estimate of drug-likeness (QED) is 0.872. The molecule has 2 amide bonds. The van der Waals surface area contributed by atoms with Crippen LogP contribution in [-0.4, -0.2) is 22.5 Å². The Labute approximate surface area is 117 Å². The van der Waals surface area contributed by atoms with Gasteiger partial charge in [0.15, 0.2) is 0 Å². The minimum atomic E-state index is -0.311. The average molecular weight is 271 g/mol. The van der Waals surface area contributed by atoms with Crippen LogP contribution in [0.1, 0.15) is 13.3 Å². The van der Waals surface area contributed by atoms with E-state index in [2.05, 4.69) is 4.99 Å². The molecular formula is C15H17N3O2. The first-order valence-electron chi connectivity index (χ1n) is 6.49. The summed E-state index contributed by atoms with van der Waals surface area (Å²) in [6, 6.07) is 12.3. The average Bonchev–Trinajstić information content (AvgIpc) is 2.48. The highest BCUT2D eigenvalue weighted by molar-refractivity contribution is 5.92. The van der Waals surface area contributed by atoms with E-state index in [1.807, 2.05) is 37.3 Å². The van der Waals surface area contributed by atoms with Gasteiger partial charge in [-0.05, 0) is 30.7 Å². The Balaban J connectivity index is 2.28. The van der Waals surface area contributed by atoms with E-state index in [0.29, 0.717) is 11.9 Å². The molecule has 0 aliphatic heterocycles. The topological polar surface area (TPSA) is 57.8 Å². The molecule has 0 unspecified atom stereocenters. The smallest absolute Gasteiger partial charge is 0.348 e. The molecule has 0 saturated heterocycles. The molecule has 0 spiro atoms. The Hall–Kier alpha value is -2.56. The van der Waals surface area contributed by atoms with Crippen molar-refractivity contribution < 1.29 is 10.0 Å². The highest BCUT2D eigenvalue weighted by Gasteiger charge is 2.12. The van der Waals surface area contributed by atoms with Crippen LogP contribution >= 0.6 is 0 Å². The predicted molar refractivity (Wildman–Crippen MR) is 76.7 cm³/mol. The molecule has 2 aromatic rings. The lowest BCUT2D eigenvalue weighted by atomic mass is 10.3. The van der Waals surface area contributed by atoms with Crippen LogP contribution in [0.2, 0.25) is 0 Å². The largest absolute Gasteiger partial charge is 0.429 e. The Morgan fingerprint density at radius 3 is 2.45 bits per heavy atom. The van der Waals surface area contributed by atoms with Crippen LogP contribution in [0.3, 0.4) is 0 Å². The fourth-order valence-corrected chi connectivity index (χ4v) is 1.82. The van der Waals surface area contributed by atoms with E-state index in [0.717, 1.165) is 16.8 Å². The number of anilines is 1. The second-order valence-corrected chi connectivity index (χ2v) is 4.32. The number of amides is 2. The summed E-state index contributed by atoms with van der Waals surface area (Å²) in [4.78, 5) is 18.0. The van der Waals surface area contributed by atoms with Crippen molar-refractivity contribution >= 4 is 11.7 Å². The third-order valence-electron chi connectivity index (χ3n) is 2.77. The fraction of sp³-hybridized carbons (Fsp3) is 0.200. The Bertz CT molecular complexity index is 615. The number of nitrogens with zero attached hydrogens (tertiary/aromatic N) is 3. The van der Waals surface area contributed by atoms with Crippen LogP contribution in [0.4, 0.5) is 10.5 Å². The third kappa shape index (κ3) is 3.47. The van der Waals surface area contributed by atoms with Gasteiger partial charge >= 0.3 is 6.03 Å². The maximum Gasteiger partial charge on any atom is 0.348 e. The summed E-state index contributed by atoms with van der Waals surface area (Å²) in [5.41, 5.74) is 0.830. The van der Waals surface area contributed by atoms with Crippen molar-refractivity contribution in [2.24, 2.45) is 4.99 Å². The highest BCUT2D eigenvalue weighted by Crippen LogP contribution is 2.14. The SMILES string of the molecule is CCCN(C(=O)N=c1ccn(O)cc1)c1ccccc1. The Kier molecular flexibility index (Phi) is 4.55. The zero-order valence-corrected chi connectivity index (χ0v) is 11.3. The van der Waals surface area contributed by atoms with Crippen molar-refractivity contribution in [3.8, 4) is 0 Å². The summed E-state index contributed by atoms with van der Waals surface area (Å²) in [6.07, 6.45) is 3.71. The maximum absolute atomic E-state index is 12.3. The number of pyridine rings is 1. The zero-order valence-electron chi connectivity index (χ0n) is 11.3. The lowest BCUT2D eigenvalue weighted by Gasteiger charge is -2.19. The number of benzene rings is 1. The number of carbonyl (C=O) groups is 1. The number of hydrogen-bond donors (Lipinski definition) is 1. The maximum atomic E-state index is 12.3. The summed E-state index contributed by atoms with van der Waals surface area (Å²) in [5, 5.41) is 9.65. The van der Waals surface area contributed by atoms with Gasteiger partial charge in [-0.1, -0.05) is 25.1 Å². The molecular weight excluding hydrogens is 254 g/mol. The van der Waals surface area contributed by atoms with Gasteiger partial charge < -0.3 is 5.21 Å². The molecule has 2 rings (SSSR count). The first kappa shape index (κ1) is 13.9. The molecule has 1 aromatic heterocycles. The number of hydrogen-bond acceptors (Lipinski definition) is 2. The monoisotopic (exact) mass is 271 g/mol. The summed E-state index contributed by atoms with van der Waals surface area (Å²) in [6.45, 7) is 2.62. The first-order chi connectivity index (χ1) is 9.70. The molecule has 1 heterocycles. The number of carbonyl (C=O) groups excluding carboxylic acids is 1. The van der Waals surface area contributed by atoms with E-state index < -0.39 is 0 Å². The van der Waals surface area contributed by atoms with Gasteiger partial charge in [0.2, 0.25) is 0 Å². The Morgan fingerprint density at radius 1 is 1.20 bits per heavy atom. The van der Waals surface area contributed by atoms with Gasteiger partial charge in [0.05, 0.1) is 5.36 Å². The second kappa shape index (κ2) is 6.56. The minimum Gasteiger partial charge on any atom is -0.429 e. The van der Waals surface area contributed by atoms with Crippen molar-refractivity contribution in [2.75, 3.05) is 11.4 Å². The van der Waals surface area contributed by atoms with E-state index in [4.69, 9.17) is 5.21 Å². The summed E-state index contributed by atoms with van der Waals surface area (Å²) in [7, 11) is 0. The van der Waals surface area contributed by atoms with Crippen molar-refractivity contribution in [1.29, 1.82) is 0 Å². The van der Waals surface area contributed by atoms with Crippen LogP contribution in [0.5, 0.6) is 0 Å². The molecule has 5 heteroatoms. The van der Waals surface area contributed by atoms with E-state index in [9.17, 15) is 4.79 Å². The van der Waals surface area contributed by atoms with Crippen LogP contribution in [0.15, 0.2) is 59.9 Å². The molecule has 0 aliphatic carbocycles. The van der Waals surface area contributed by atoms with Gasteiger partial charge in [-0.3, -0.25) is 4.90 Å². The van der Waals surface area contributed by atoms with Crippen molar-refractivity contribution in [3.05, 3.63) is 60.2 Å². The van der Waals surface area contributed by atoms with E-state index in [1.54, 1.807) is 17.0 Å². The lowest BCUT2D eigenvalue weighted by molar-refractivity contribution is 0.184. The molecule has 1 aromatic carbocycles. The third-order valence-corrected chi connectivity index (χ3v) is 2.77. The van der Waals surface area contributed by atoms with Gasteiger partial charge in [-0.2, -0.15) is 4.99 Å². The molecule has 0 aliphatic rings. The minimum absolute atomic E-state index is 0.311. The van der Waals surface area contributed by atoms with Crippen LogP contribution in [-0.2, 0) is 0 Å². The zero-order chi connectivity index (χ0) is 14.4. The second-order valence-electron chi connectivity index (χ2n) is 4.32. The van der Waals surface area contributed by atoms with Crippen LogP contribution in [0.25, 0.3) is 0 Å². The van der Waals surface area contributed by atoms with Gasteiger partial charge in [0.25, 0.3) is 0 Å². The molecule has 0 bridgehead atoms. The molecule has 0 atom stereocenters. The van der Waals surface area contributed by atoms with Gasteiger partial charge in [-0.25, -0.2) is 9.52 Å².